The average molecular weight is 574 g/mol. The van der Waals surface area contributed by atoms with Crippen LogP contribution in [0.1, 0.15) is 46.8 Å². The Kier molecular flexibility index (Phi) is 12.9. The summed E-state index contributed by atoms with van der Waals surface area (Å²) in [6.07, 6.45) is 1.25. The van der Waals surface area contributed by atoms with Gasteiger partial charge in [-0.25, -0.2) is 0 Å². The number of ether oxygens (including phenoxy) is 5. The molecule has 0 unspecified atom stereocenters. The number of ketones is 2. The Morgan fingerprint density at radius 2 is 1.61 bits per heavy atom. The van der Waals surface area contributed by atoms with Crippen LogP contribution in [0.25, 0.3) is 0 Å². The van der Waals surface area contributed by atoms with Crippen molar-refractivity contribution < 1.29 is 43.5 Å². The molecule has 2 aromatic rings. The zero-order valence-electron chi connectivity index (χ0n) is 24.6. The number of carbonyl (C=O) groups is 2. The molecule has 2 N–H and O–H groups in total. The van der Waals surface area contributed by atoms with Crippen molar-refractivity contribution in [2.24, 2.45) is 5.92 Å². The second-order valence-corrected chi connectivity index (χ2v) is 10.0. The fourth-order valence-corrected chi connectivity index (χ4v) is 5.08. The van der Waals surface area contributed by atoms with Crippen LogP contribution in [0.4, 0.5) is 0 Å². The smallest absolute Gasteiger partial charge is 0.197 e. The van der Waals surface area contributed by atoms with Crippen molar-refractivity contribution in [3.05, 3.63) is 46.5 Å². The number of phenolic OH excluding ortho intramolecular Hbond substituents is 2. The lowest BCUT2D eigenvalue weighted by molar-refractivity contribution is -0.123. The molecule has 0 aromatic heterocycles. The Labute approximate surface area is 242 Å². The number of Topliss-reactive ketones (excluding diaryl/α,β-unsaturated/α-hetero) is 1. The van der Waals surface area contributed by atoms with Crippen LogP contribution in [0, 0.1) is 5.92 Å². The van der Waals surface area contributed by atoms with Crippen molar-refractivity contribution in [2.75, 3.05) is 74.0 Å². The molecule has 0 radical (unpaired) electrons. The molecule has 0 saturated carbocycles. The van der Waals surface area contributed by atoms with Crippen LogP contribution in [-0.4, -0.2) is 101 Å². The van der Waals surface area contributed by atoms with E-state index in [0.717, 1.165) is 25.7 Å². The van der Waals surface area contributed by atoms with Gasteiger partial charge in [0, 0.05) is 71.0 Å². The first-order valence-electron chi connectivity index (χ1n) is 14.1. The molecule has 1 aliphatic heterocycles. The van der Waals surface area contributed by atoms with Gasteiger partial charge in [0.05, 0.1) is 25.9 Å². The van der Waals surface area contributed by atoms with E-state index in [2.05, 4.69) is 4.90 Å². The highest BCUT2D eigenvalue weighted by atomic mass is 16.5. The Bertz CT molecular complexity index is 1150. The molecular weight excluding hydrogens is 530 g/mol. The maximum Gasteiger partial charge on any atom is 0.197 e. The monoisotopic (exact) mass is 573 g/mol. The lowest BCUT2D eigenvalue weighted by atomic mass is 9.85. The van der Waals surface area contributed by atoms with Crippen molar-refractivity contribution in [3.63, 3.8) is 0 Å². The molecule has 1 aliphatic rings. The molecule has 10 heteroatoms. The number of aromatic hydroxyl groups is 2. The van der Waals surface area contributed by atoms with Crippen LogP contribution in [-0.2, 0) is 31.8 Å². The summed E-state index contributed by atoms with van der Waals surface area (Å²) in [5.41, 5.74) is 1.03. The van der Waals surface area contributed by atoms with Crippen LogP contribution >= 0.6 is 0 Å². The third-order valence-corrected chi connectivity index (χ3v) is 7.43. The molecule has 226 valence electrons. The van der Waals surface area contributed by atoms with Gasteiger partial charge in [-0.15, -0.1) is 0 Å². The van der Waals surface area contributed by atoms with E-state index in [4.69, 9.17) is 23.7 Å². The van der Waals surface area contributed by atoms with Gasteiger partial charge in [0.2, 0.25) is 0 Å². The average Bonchev–Trinajstić information content (AvgIpc) is 2.97. The minimum absolute atomic E-state index is 0.00623. The normalized spacial score (nSPS) is 13.9. The standard InChI is InChI=1S/C31H43NO9/c1-5-23-24(19-25(33)21(8-13-37-2)9-14-38-3)30(27(35)20-26(23)34)31(36)22-6-7-28(29(18-22)39-4)41-17-12-32-10-15-40-16-11-32/h6-7,18,20-21,34-35H,5,8-17,19H2,1-4H3. The second kappa shape index (κ2) is 16.3. The summed E-state index contributed by atoms with van der Waals surface area (Å²) < 4.78 is 27.2. The van der Waals surface area contributed by atoms with Crippen LogP contribution in [0.2, 0.25) is 0 Å². The first-order valence-corrected chi connectivity index (χ1v) is 14.1. The van der Waals surface area contributed by atoms with E-state index in [0.29, 0.717) is 74.9 Å². The number of phenols is 2. The summed E-state index contributed by atoms with van der Waals surface area (Å²) in [7, 11) is 4.65. The van der Waals surface area contributed by atoms with E-state index in [1.807, 2.05) is 6.92 Å². The molecule has 0 bridgehead atoms. The molecule has 1 heterocycles. The van der Waals surface area contributed by atoms with E-state index >= 15 is 0 Å². The number of hydrogen-bond donors (Lipinski definition) is 2. The number of rotatable bonds is 17. The fraction of sp³-hybridized carbons (Fsp3) is 0.548. The van der Waals surface area contributed by atoms with Gasteiger partial charge < -0.3 is 33.9 Å². The third kappa shape index (κ3) is 8.65. The van der Waals surface area contributed by atoms with Gasteiger partial charge in [-0.1, -0.05) is 6.92 Å². The van der Waals surface area contributed by atoms with Crippen LogP contribution in [0.3, 0.4) is 0 Å². The van der Waals surface area contributed by atoms with Crippen molar-refractivity contribution >= 4 is 11.6 Å². The molecule has 41 heavy (non-hydrogen) atoms. The summed E-state index contributed by atoms with van der Waals surface area (Å²) in [6, 6.07) is 6.00. The molecule has 10 nitrogen and oxygen atoms in total. The largest absolute Gasteiger partial charge is 0.508 e. The summed E-state index contributed by atoms with van der Waals surface area (Å²) in [4.78, 5) is 29.6. The summed E-state index contributed by atoms with van der Waals surface area (Å²) in [6.45, 7) is 6.94. The topological polar surface area (TPSA) is 124 Å². The lowest BCUT2D eigenvalue weighted by Crippen LogP contribution is -2.38. The highest BCUT2D eigenvalue weighted by molar-refractivity contribution is 6.13. The van der Waals surface area contributed by atoms with E-state index in [1.54, 1.807) is 32.4 Å². The zero-order chi connectivity index (χ0) is 29.8. The van der Waals surface area contributed by atoms with Gasteiger partial charge >= 0.3 is 0 Å². The Balaban J connectivity index is 1.88. The molecular formula is C31H43NO9. The molecule has 0 spiro atoms. The number of carbonyl (C=O) groups excluding carboxylic acids is 2. The molecule has 2 aromatic carbocycles. The van der Waals surface area contributed by atoms with Crippen LogP contribution in [0.15, 0.2) is 24.3 Å². The number of morpholine rings is 1. The zero-order valence-corrected chi connectivity index (χ0v) is 24.6. The first-order chi connectivity index (χ1) is 19.8. The molecule has 3 rings (SSSR count). The van der Waals surface area contributed by atoms with Crippen molar-refractivity contribution in [1.82, 2.24) is 4.90 Å². The van der Waals surface area contributed by atoms with Gasteiger partial charge in [0.25, 0.3) is 0 Å². The van der Waals surface area contributed by atoms with Gasteiger partial charge in [-0.3, -0.25) is 14.5 Å². The highest BCUT2D eigenvalue weighted by Crippen LogP contribution is 2.37. The van der Waals surface area contributed by atoms with Crippen molar-refractivity contribution in [1.29, 1.82) is 0 Å². The van der Waals surface area contributed by atoms with Gasteiger partial charge in [-0.05, 0) is 48.6 Å². The van der Waals surface area contributed by atoms with E-state index in [-0.39, 0.29) is 40.7 Å². The predicted molar refractivity (Wildman–Crippen MR) is 154 cm³/mol. The summed E-state index contributed by atoms with van der Waals surface area (Å²) in [5, 5.41) is 21.5. The number of methoxy groups -OCH3 is 3. The van der Waals surface area contributed by atoms with Gasteiger partial charge in [0.15, 0.2) is 17.3 Å². The van der Waals surface area contributed by atoms with E-state index in [9.17, 15) is 19.8 Å². The predicted octanol–water partition coefficient (Wildman–Crippen LogP) is 3.41. The maximum atomic E-state index is 13.9. The Morgan fingerprint density at radius 1 is 0.927 bits per heavy atom. The quantitative estimate of drug-likeness (QED) is 0.272. The van der Waals surface area contributed by atoms with Crippen LogP contribution in [0.5, 0.6) is 23.0 Å². The highest BCUT2D eigenvalue weighted by Gasteiger charge is 2.28. The fourth-order valence-electron chi connectivity index (χ4n) is 5.08. The lowest BCUT2D eigenvalue weighted by Gasteiger charge is -2.26. The number of hydrogen-bond acceptors (Lipinski definition) is 10. The van der Waals surface area contributed by atoms with Crippen LogP contribution < -0.4 is 9.47 Å². The molecule has 0 atom stereocenters. The SMILES string of the molecule is CCc1c(O)cc(O)c(C(=O)c2ccc(OCCN3CCOCC3)c(OC)c2)c1CC(=O)C(CCOC)CCOC. The van der Waals surface area contributed by atoms with Gasteiger partial charge in [-0.2, -0.15) is 0 Å². The van der Waals surface area contributed by atoms with E-state index in [1.165, 1.54) is 7.11 Å². The summed E-state index contributed by atoms with van der Waals surface area (Å²) in [5.74, 6) is -0.627. The molecule has 0 amide bonds. The first kappa shape index (κ1) is 32.3. The number of benzene rings is 2. The van der Waals surface area contributed by atoms with Crippen molar-refractivity contribution in [2.45, 2.75) is 32.6 Å². The van der Waals surface area contributed by atoms with Crippen molar-refractivity contribution in [3.8, 4) is 23.0 Å². The second-order valence-electron chi connectivity index (χ2n) is 10.0. The molecule has 1 fully saturated rings. The van der Waals surface area contributed by atoms with Gasteiger partial charge in [0.1, 0.15) is 23.9 Å². The minimum atomic E-state index is -0.483. The molecule has 0 aliphatic carbocycles. The summed E-state index contributed by atoms with van der Waals surface area (Å²) >= 11 is 0. The molecule has 1 saturated heterocycles. The third-order valence-electron chi connectivity index (χ3n) is 7.43. The Morgan fingerprint density at radius 3 is 2.22 bits per heavy atom. The number of nitrogens with zero attached hydrogens (tertiary/aromatic N) is 1. The van der Waals surface area contributed by atoms with E-state index < -0.39 is 5.78 Å². The maximum absolute atomic E-state index is 13.9. The minimum Gasteiger partial charge on any atom is -0.508 e. The Hall–Kier alpha value is -3.18.